The Morgan fingerprint density at radius 1 is 1.32 bits per heavy atom. The molecule has 0 aliphatic rings. The zero-order chi connectivity index (χ0) is 16.2. The summed E-state index contributed by atoms with van der Waals surface area (Å²) in [7, 11) is 0. The van der Waals surface area contributed by atoms with E-state index >= 15 is 0 Å². The molecule has 0 bridgehead atoms. The first-order chi connectivity index (χ1) is 10.7. The van der Waals surface area contributed by atoms with Crippen molar-refractivity contribution in [3.63, 3.8) is 0 Å². The maximum atomic E-state index is 12.0. The first kappa shape index (κ1) is 17.7. The fourth-order valence-electron chi connectivity index (χ4n) is 1.94. The van der Waals surface area contributed by atoms with Gasteiger partial charge in [-0.25, -0.2) is 0 Å². The van der Waals surface area contributed by atoms with Crippen molar-refractivity contribution in [2.75, 3.05) is 13.2 Å². The zero-order valence-electron chi connectivity index (χ0n) is 12.9. The molecule has 1 amide bonds. The SMILES string of the molecule is CC(NC(=O)/C(C#N)=C\NCCCCCO)c1ccccc1. The van der Waals surface area contributed by atoms with E-state index in [2.05, 4.69) is 10.6 Å². The lowest BCUT2D eigenvalue weighted by Crippen LogP contribution is -2.28. The molecule has 0 saturated heterocycles. The highest BCUT2D eigenvalue weighted by molar-refractivity contribution is 5.97. The summed E-state index contributed by atoms with van der Waals surface area (Å²) in [6, 6.07) is 11.3. The Bertz CT molecular complexity index is 520. The van der Waals surface area contributed by atoms with Crippen LogP contribution in [0.1, 0.15) is 37.8 Å². The molecule has 22 heavy (non-hydrogen) atoms. The zero-order valence-corrected chi connectivity index (χ0v) is 12.9. The van der Waals surface area contributed by atoms with E-state index < -0.39 is 0 Å². The Kier molecular flexibility index (Phi) is 8.39. The van der Waals surface area contributed by atoms with Gasteiger partial charge in [0, 0.05) is 19.4 Å². The number of benzene rings is 1. The van der Waals surface area contributed by atoms with Crippen LogP contribution >= 0.6 is 0 Å². The number of nitrogens with one attached hydrogen (secondary N) is 2. The average Bonchev–Trinajstić information content (AvgIpc) is 2.55. The number of amides is 1. The van der Waals surface area contributed by atoms with E-state index in [9.17, 15) is 4.79 Å². The molecule has 1 aromatic rings. The van der Waals surface area contributed by atoms with Gasteiger partial charge in [-0.15, -0.1) is 0 Å². The minimum absolute atomic E-state index is 0.0601. The Labute approximate surface area is 131 Å². The lowest BCUT2D eigenvalue weighted by molar-refractivity contribution is -0.117. The van der Waals surface area contributed by atoms with Gasteiger partial charge in [-0.3, -0.25) is 4.79 Å². The second-order valence-corrected chi connectivity index (χ2v) is 5.01. The summed E-state index contributed by atoms with van der Waals surface area (Å²) in [6.07, 6.45) is 4.02. The maximum Gasteiger partial charge on any atom is 0.263 e. The standard InChI is InChI=1S/C17H23N3O2/c1-14(15-8-4-2-5-9-15)20-17(22)16(12-18)13-19-10-6-3-7-11-21/h2,4-5,8-9,13-14,19,21H,3,6-7,10-11H2,1H3,(H,20,22)/b16-13-. The molecule has 0 spiro atoms. The topological polar surface area (TPSA) is 85.2 Å². The van der Waals surface area contributed by atoms with Gasteiger partial charge in [0.2, 0.25) is 0 Å². The molecule has 0 saturated carbocycles. The molecular formula is C17H23N3O2. The number of hydrogen-bond acceptors (Lipinski definition) is 4. The van der Waals surface area contributed by atoms with Crippen LogP contribution in [0.3, 0.4) is 0 Å². The van der Waals surface area contributed by atoms with Gasteiger partial charge in [0.05, 0.1) is 6.04 Å². The van der Waals surface area contributed by atoms with Crippen LogP contribution in [-0.2, 0) is 4.79 Å². The molecule has 0 aliphatic carbocycles. The molecule has 3 N–H and O–H groups in total. The van der Waals surface area contributed by atoms with Crippen LogP contribution in [-0.4, -0.2) is 24.2 Å². The van der Waals surface area contributed by atoms with E-state index in [4.69, 9.17) is 10.4 Å². The first-order valence-electron chi connectivity index (χ1n) is 7.49. The third-order valence-electron chi connectivity index (χ3n) is 3.24. The summed E-state index contributed by atoms with van der Waals surface area (Å²) < 4.78 is 0. The van der Waals surface area contributed by atoms with Crippen LogP contribution in [0.4, 0.5) is 0 Å². The van der Waals surface area contributed by atoms with Gasteiger partial charge < -0.3 is 15.7 Å². The minimum Gasteiger partial charge on any atom is -0.396 e. The number of unbranched alkanes of at least 4 members (excludes halogenated alkanes) is 2. The van der Waals surface area contributed by atoms with Crippen molar-refractivity contribution in [3.8, 4) is 6.07 Å². The quantitative estimate of drug-likeness (QED) is 0.370. The summed E-state index contributed by atoms with van der Waals surface area (Å²) >= 11 is 0. The number of rotatable bonds is 9. The lowest BCUT2D eigenvalue weighted by atomic mass is 10.1. The van der Waals surface area contributed by atoms with E-state index in [-0.39, 0.29) is 24.1 Å². The summed E-state index contributed by atoms with van der Waals surface area (Å²) in [5.41, 5.74) is 1.05. The van der Waals surface area contributed by atoms with Gasteiger partial charge >= 0.3 is 0 Å². The molecule has 0 radical (unpaired) electrons. The van der Waals surface area contributed by atoms with Crippen LogP contribution in [0.15, 0.2) is 42.1 Å². The number of nitriles is 1. The summed E-state index contributed by atoms with van der Waals surface area (Å²) in [5.74, 6) is -0.387. The minimum atomic E-state index is -0.387. The number of aliphatic hydroxyl groups excluding tert-OH is 1. The van der Waals surface area contributed by atoms with Gasteiger partial charge in [0.15, 0.2) is 0 Å². The van der Waals surface area contributed by atoms with Crippen molar-refractivity contribution < 1.29 is 9.90 Å². The molecule has 1 rings (SSSR count). The van der Waals surface area contributed by atoms with Crippen molar-refractivity contribution in [1.29, 1.82) is 5.26 Å². The average molecular weight is 301 g/mol. The van der Waals surface area contributed by atoms with Gasteiger partial charge in [0.25, 0.3) is 5.91 Å². The molecule has 1 unspecified atom stereocenters. The number of aliphatic hydroxyl groups is 1. The monoisotopic (exact) mass is 301 g/mol. The highest BCUT2D eigenvalue weighted by atomic mass is 16.2. The summed E-state index contributed by atoms with van der Waals surface area (Å²) in [6.45, 7) is 2.75. The molecular weight excluding hydrogens is 278 g/mol. The highest BCUT2D eigenvalue weighted by Crippen LogP contribution is 2.11. The summed E-state index contributed by atoms with van der Waals surface area (Å²) in [5, 5.41) is 23.5. The number of carbonyl (C=O) groups is 1. The van der Waals surface area contributed by atoms with E-state index in [0.717, 1.165) is 24.8 Å². The van der Waals surface area contributed by atoms with Gasteiger partial charge in [-0.1, -0.05) is 30.3 Å². The predicted molar refractivity (Wildman–Crippen MR) is 85.6 cm³/mol. The van der Waals surface area contributed by atoms with Crippen molar-refractivity contribution in [3.05, 3.63) is 47.7 Å². The molecule has 1 aromatic carbocycles. The molecule has 5 heteroatoms. The van der Waals surface area contributed by atoms with E-state index in [1.165, 1.54) is 6.20 Å². The van der Waals surface area contributed by atoms with Crippen LogP contribution in [0, 0.1) is 11.3 Å². The Balaban J connectivity index is 2.45. The molecule has 1 atom stereocenters. The molecule has 0 heterocycles. The highest BCUT2D eigenvalue weighted by Gasteiger charge is 2.13. The second-order valence-electron chi connectivity index (χ2n) is 5.01. The van der Waals surface area contributed by atoms with Crippen molar-refractivity contribution in [1.82, 2.24) is 10.6 Å². The number of carbonyl (C=O) groups excluding carboxylic acids is 1. The van der Waals surface area contributed by atoms with E-state index in [0.29, 0.717) is 6.54 Å². The van der Waals surface area contributed by atoms with Gasteiger partial charge in [-0.2, -0.15) is 5.26 Å². The maximum absolute atomic E-state index is 12.0. The molecule has 118 valence electrons. The van der Waals surface area contributed by atoms with Gasteiger partial charge in [-0.05, 0) is 31.7 Å². The fourth-order valence-corrected chi connectivity index (χ4v) is 1.94. The second kappa shape index (κ2) is 10.4. The molecule has 0 aromatic heterocycles. The van der Waals surface area contributed by atoms with Crippen molar-refractivity contribution >= 4 is 5.91 Å². The van der Waals surface area contributed by atoms with E-state index in [1.54, 1.807) is 0 Å². The Hall–Kier alpha value is -2.32. The van der Waals surface area contributed by atoms with Crippen LogP contribution in [0.5, 0.6) is 0 Å². The number of nitrogens with zero attached hydrogens (tertiary/aromatic N) is 1. The third kappa shape index (κ3) is 6.42. The number of hydrogen-bond donors (Lipinski definition) is 3. The third-order valence-corrected chi connectivity index (χ3v) is 3.24. The Morgan fingerprint density at radius 3 is 2.68 bits per heavy atom. The molecule has 0 aliphatic heterocycles. The van der Waals surface area contributed by atoms with Crippen LogP contribution in [0.2, 0.25) is 0 Å². The van der Waals surface area contributed by atoms with Crippen molar-refractivity contribution in [2.24, 2.45) is 0 Å². The van der Waals surface area contributed by atoms with Gasteiger partial charge in [0.1, 0.15) is 11.6 Å². The van der Waals surface area contributed by atoms with Crippen LogP contribution < -0.4 is 10.6 Å². The first-order valence-corrected chi connectivity index (χ1v) is 7.49. The smallest absolute Gasteiger partial charge is 0.263 e. The predicted octanol–water partition coefficient (Wildman–Crippen LogP) is 2.02. The normalized spacial score (nSPS) is 12.3. The largest absolute Gasteiger partial charge is 0.396 e. The fraction of sp³-hybridized carbons (Fsp3) is 0.412. The lowest BCUT2D eigenvalue weighted by Gasteiger charge is -2.13. The molecule has 0 fully saturated rings. The summed E-state index contributed by atoms with van der Waals surface area (Å²) in [4.78, 5) is 12.0. The van der Waals surface area contributed by atoms with Crippen molar-refractivity contribution in [2.45, 2.75) is 32.2 Å². The molecule has 5 nitrogen and oxygen atoms in total. The van der Waals surface area contributed by atoms with Crippen LogP contribution in [0.25, 0.3) is 0 Å². The van der Waals surface area contributed by atoms with E-state index in [1.807, 2.05) is 43.3 Å². The Morgan fingerprint density at radius 2 is 2.05 bits per heavy atom.